The zero-order valence-corrected chi connectivity index (χ0v) is 9.83. The molecule has 88 valence electrons. The maximum Gasteiger partial charge on any atom is 0.232 e. The van der Waals surface area contributed by atoms with Crippen molar-refractivity contribution in [3.05, 3.63) is 11.7 Å². The van der Waals surface area contributed by atoms with E-state index >= 15 is 0 Å². The summed E-state index contributed by atoms with van der Waals surface area (Å²) in [4.78, 5) is 4.61. The molecule has 16 heavy (non-hydrogen) atoms. The average Bonchev–Trinajstić information content (AvgIpc) is 2.98. The molecule has 0 aromatic carbocycles. The summed E-state index contributed by atoms with van der Waals surface area (Å²) in [5.74, 6) is 1.72. The zero-order chi connectivity index (χ0) is 11.0. The zero-order valence-electron chi connectivity index (χ0n) is 9.83. The minimum absolute atomic E-state index is 0.143. The third kappa shape index (κ3) is 1.65. The third-order valence-corrected chi connectivity index (χ3v) is 4.04. The van der Waals surface area contributed by atoms with Gasteiger partial charge in [0.05, 0.1) is 6.04 Å². The Hall–Kier alpha value is -0.900. The molecule has 0 amide bonds. The molecule has 2 heterocycles. The first kappa shape index (κ1) is 10.3. The average molecular weight is 221 g/mol. The van der Waals surface area contributed by atoms with E-state index in [1.165, 1.54) is 32.1 Å². The fourth-order valence-corrected chi connectivity index (χ4v) is 2.90. The van der Waals surface area contributed by atoms with Crippen molar-refractivity contribution in [2.24, 2.45) is 0 Å². The van der Waals surface area contributed by atoms with E-state index in [1.54, 1.807) is 0 Å². The van der Waals surface area contributed by atoms with Crippen LogP contribution in [0.5, 0.6) is 0 Å². The number of hydrogen-bond acceptors (Lipinski definition) is 4. The van der Waals surface area contributed by atoms with Crippen molar-refractivity contribution in [3.8, 4) is 0 Å². The standard InChI is InChI=1S/C12H19N3O/c1-12(6-2-3-7-12)11-14-10(15-16-11)9-5-4-8-13-9/h9,13H,2-8H2,1H3. The molecule has 1 unspecified atom stereocenters. The van der Waals surface area contributed by atoms with Gasteiger partial charge in [-0.15, -0.1) is 0 Å². The second-order valence-corrected chi connectivity index (χ2v) is 5.37. The number of nitrogens with one attached hydrogen (secondary N) is 1. The molecule has 1 N–H and O–H groups in total. The predicted octanol–water partition coefficient (Wildman–Crippen LogP) is 2.33. The van der Waals surface area contributed by atoms with Crippen LogP contribution in [-0.4, -0.2) is 16.7 Å². The van der Waals surface area contributed by atoms with Gasteiger partial charge in [-0.05, 0) is 32.2 Å². The highest BCUT2D eigenvalue weighted by atomic mass is 16.5. The minimum atomic E-state index is 0.143. The Morgan fingerprint density at radius 3 is 2.81 bits per heavy atom. The molecule has 1 saturated carbocycles. The molecular formula is C12H19N3O. The van der Waals surface area contributed by atoms with E-state index in [4.69, 9.17) is 4.52 Å². The largest absolute Gasteiger partial charge is 0.339 e. The third-order valence-electron chi connectivity index (χ3n) is 4.04. The smallest absolute Gasteiger partial charge is 0.232 e. The second-order valence-electron chi connectivity index (χ2n) is 5.37. The molecule has 2 aliphatic rings. The molecule has 3 rings (SSSR count). The van der Waals surface area contributed by atoms with Gasteiger partial charge in [0, 0.05) is 5.41 Å². The summed E-state index contributed by atoms with van der Waals surface area (Å²) in [7, 11) is 0. The molecule has 0 bridgehead atoms. The van der Waals surface area contributed by atoms with Gasteiger partial charge in [0.15, 0.2) is 5.82 Å². The highest BCUT2D eigenvalue weighted by molar-refractivity contribution is 5.07. The SMILES string of the molecule is CC1(c2nc(C3CCCN3)no2)CCCC1. The molecular weight excluding hydrogens is 202 g/mol. The maximum atomic E-state index is 5.46. The molecule has 1 aliphatic heterocycles. The topological polar surface area (TPSA) is 51.0 Å². The fraction of sp³-hybridized carbons (Fsp3) is 0.833. The molecule has 1 aliphatic carbocycles. The highest BCUT2D eigenvalue weighted by Crippen LogP contribution is 2.40. The predicted molar refractivity (Wildman–Crippen MR) is 60.1 cm³/mol. The van der Waals surface area contributed by atoms with E-state index < -0.39 is 0 Å². The lowest BCUT2D eigenvalue weighted by Crippen LogP contribution is -2.18. The van der Waals surface area contributed by atoms with Crippen LogP contribution in [0.4, 0.5) is 0 Å². The summed E-state index contributed by atoms with van der Waals surface area (Å²) in [5, 5.41) is 7.54. The van der Waals surface area contributed by atoms with Gasteiger partial charge in [0.2, 0.25) is 5.89 Å². The molecule has 1 atom stereocenters. The number of hydrogen-bond donors (Lipinski definition) is 1. The summed E-state index contributed by atoms with van der Waals surface area (Å²) in [6, 6.07) is 0.322. The number of rotatable bonds is 2. The number of nitrogens with zero attached hydrogens (tertiary/aromatic N) is 2. The molecule has 0 spiro atoms. The Kier molecular flexibility index (Phi) is 2.46. The van der Waals surface area contributed by atoms with Crippen molar-refractivity contribution in [3.63, 3.8) is 0 Å². The summed E-state index contributed by atoms with van der Waals surface area (Å²) in [6.45, 7) is 3.32. The van der Waals surface area contributed by atoms with E-state index in [0.29, 0.717) is 6.04 Å². The van der Waals surface area contributed by atoms with E-state index in [0.717, 1.165) is 24.7 Å². The lowest BCUT2D eigenvalue weighted by Gasteiger charge is -2.17. The van der Waals surface area contributed by atoms with E-state index in [9.17, 15) is 0 Å². The second kappa shape index (κ2) is 3.84. The van der Waals surface area contributed by atoms with Gasteiger partial charge in [-0.2, -0.15) is 4.98 Å². The fourth-order valence-electron chi connectivity index (χ4n) is 2.90. The van der Waals surface area contributed by atoms with Crippen molar-refractivity contribution in [2.75, 3.05) is 6.54 Å². The first-order valence-corrected chi connectivity index (χ1v) is 6.35. The monoisotopic (exact) mass is 221 g/mol. The highest BCUT2D eigenvalue weighted by Gasteiger charge is 2.36. The van der Waals surface area contributed by atoms with Crippen LogP contribution in [0.3, 0.4) is 0 Å². The lowest BCUT2D eigenvalue weighted by atomic mass is 9.89. The maximum absolute atomic E-state index is 5.46. The molecule has 4 heteroatoms. The number of aromatic nitrogens is 2. The van der Waals surface area contributed by atoms with Crippen LogP contribution < -0.4 is 5.32 Å². The van der Waals surface area contributed by atoms with Crippen molar-refractivity contribution < 1.29 is 4.52 Å². The summed E-state index contributed by atoms with van der Waals surface area (Å²) < 4.78 is 5.46. The van der Waals surface area contributed by atoms with Crippen LogP contribution in [0.15, 0.2) is 4.52 Å². The van der Waals surface area contributed by atoms with E-state index in [-0.39, 0.29) is 5.41 Å². The Bertz CT molecular complexity index is 362. The van der Waals surface area contributed by atoms with Gasteiger partial charge in [-0.1, -0.05) is 24.9 Å². The minimum Gasteiger partial charge on any atom is -0.339 e. The van der Waals surface area contributed by atoms with E-state index in [2.05, 4.69) is 22.4 Å². The molecule has 1 aromatic rings. The summed E-state index contributed by atoms with van der Waals surface area (Å²) in [6.07, 6.45) is 7.30. The lowest BCUT2D eigenvalue weighted by molar-refractivity contribution is 0.293. The van der Waals surface area contributed by atoms with Gasteiger partial charge in [0.1, 0.15) is 0 Å². The Balaban J connectivity index is 1.81. The Morgan fingerprint density at radius 2 is 2.12 bits per heavy atom. The van der Waals surface area contributed by atoms with E-state index in [1.807, 2.05) is 0 Å². The Morgan fingerprint density at radius 1 is 1.31 bits per heavy atom. The first-order valence-electron chi connectivity index (χ1n) is 6.35. The van der Waals surface area contributed by atoms with Crippen LogP contribution in [0.25, 0.3) is 0 Å². The Labute approximate surface area is 95.8 Å². The van der Waals surface area contributed by atoms with Gasteiger partial charge < -0.3 is 9.84 Å². The van der Waals surface area contributed by atoms with Crippen molar-refractivity contribution in [1.29, 1.82) is 0 Å². The normalized spacial score (nSPS) is 28.7. The molecule has 4 nitrogen and oxygen atoms in total. The first-order chi connectivity index (χ1) is 7.78. The van der Waals surface area contributed by atoms with Gasteiger partial charge in [-0.3, -0.25) is 0 Å². The van der Waals surface area contributed by atoms with Crippen molar-refractivity contribution in [1.82, 2.24) is 15.5 Å². The van der Waals surface area contributed by atoms with Crippen LogP contribution in [0.2, 0.25) is 0 Å². The van der Waals surface area contributed by atoms with Gasteiger partial charge in [0.25, 0.3) is 0 Å². The van der Waals surface area contributed by atoms with Gasteiger partial charge in [-0.25, -0.2) is 0 Å². The summed E-state index contributed by atoms with van der Waals surface area (Å²) in [5.41, 5.74) is 0.143. The van der Waals surface area contributed by atoms with Crippen LogP contribution in [0.1, 0.15) is 63.2 Å². The van der Waals surface area contributed by atoms with Crippen LogP contribution in [0, 0.1) is 0 Å². The van der Waals surface area contributed by atoms with Crippen LogP contribution >= 0.6 is 0 Å². The molecule has 2 fully saturated rings. The van der Waals surface area contributed by atoms with Gasteiger partial charge >= 0.3 is 0 Å². The molecule has 1 aromatic heterocycles. The van der Waals surface area contributed by atoms with Crippen molar-refractivity contribution in [2.45, 2.75) is 56.9 Å². The quantitative estimate of drug-likeness (QED) is 0.832. The van der Waals surface area contributed by atoms with Crippen molar-refractivity contribution >= 4 is 0 Å². The molecule has 0 radical (unpaired) electrons. The summed E-state index contributed by atoms with van der Waals surface area (Å²) >= 11 is 0. The van der Waals surface area contributed by atoms with Crippen LogP contribution in [-0.2, 0) is 5.41 Å². The molecule has 1 saturated heterocycles.